The van der Waals surface area contributed by atoms with Crippen LogP contribution in [-0.4, -0.2) is 36.0 Å². The van der Waals surface area contributed by atoms with Crippen LogP contribution >= 0.6 is 11.6 Å². The lowest BCUT2D eigenvalue weighted by Gasteiger charge is -2.23. The van der Waals surface area contributed by atoms with Crippen LogP contribution in [0.2, 0.25) is 5.02 Å². The van der Waals surface area contributed by atoms with Crippen LogP contribution in [0.25, 0.3) is 0 Å². The Morgan fingerprint density at radius 3 is 2.59 bits per heavy atom. The Balaban J connectivity index is 1.66. The van der Waals surface area contributed by atoms with E-state index in [4.69, 9.17) is 16.3 Å². The lowest BCUT2D eigenvalue weighted by atomic mass is 10.1. The van der Waals surface area contributed by atoms with Gasteiger partial charge in [0.15, 0.2) is 6.61 Å². The summed E-state index contributed by atoms with van der Waals surface area (Å²) in [7, 11) is 0. The summed E-state index contributed by atoms with van der Waals surface area (Å²) in [6, 6.07) is 16.1. The van der Waals surface area contributed by atoms with E-state index in [1.54, 1.807) is 6.07 Å². The fourth-order valence-corrected chi connectivity index (χ4v) is 3.09. The fraction of sp³-hybridized carbons (Fsp3) is 0.250. The Bertz CT molecular complexity index is 825. The first kappa shape index (κ1) is 18.9. The van der Waals surface area contributed by atoms with E-state index in [-0.39, 0.29) is 25.5 Å². The van der Waals surface area contributed by atoms with Crippen molar-refractivity contribution >= 4 is 29.5 Å². The maximum atomic E-state index is 12.5. The minimum atomic E-state index is -0.686. The number of nitrogens with one attached hydrogen (secondary N) is 1. The Morgan fingerprint density at radius 1 is 1.15 bits per heavy atom. The molecule has 0 aromatic heterocycles. The second-order valence-electron chi connectivity index (χ2n) is 6.22. The summed E-state index contributed by atoms with van der Waals surface area (Å²) >= 11 is 5.97. The van der Waals surface area contributed by atoms with Gasteiger partial charge in [0.1, 0.15) is 0 Å². The standard InChI is InChI=1S/C20H19ClN2O4/c21-16-8-4-5-14(11-16)9-10-18(24)22-17(15-6-2-1-3-7-15)12-23-19(25)13-27-20(23)26/h1-8,11,17H,9-10,12-13H2,(H,22,24)/t17-/m0/s1. The topological polar surface area (TPSA) is 75.7 Å². The van der Waals surface area contributed by atoms with Gasteiger partial charge in [-0.3, -0.25) is 9.59 Å². The Labute approximate surface area is 162 Å². The average molecular weight is 387 g/mol. The number of rotatable bonds is 7. The van der Waals surface area contributed by atoms with E-state index < -0.39 is 18.0 Å². The van der Waals surface area contributed by atoms with Crippen molar-refractivity contribution in [2.75, 3.05) is 13.2 Å². The van der Waals surface area contributed by atoms with Gasteiger partial charge in [0.25, 0.3) is 5.91 Å². The van der Waals surface area contributed by atoms with Crippen LogP contribution in [0, 0.1) is 0 Å². The largest absolute Gasteiger partial charge is 0.439 e. The zero-order valence-electron chi connectivity index (χ0n) is 14.6. The van der Waals surface area contributed by atoms with Crippen molar-refractivity contribution in [3.05, 3.63) is 70.7 Å². The molecule has 1 fully saturated rings. The van der Waals surface area contributed by atoms with Crippen LogP contribution < -0.4 is 5.32 Å². The van der Waals surface area contributed by atoms with Crippen molar-refractivity contribution < 1.29 is 19.1 Å². The molecule has 3 rings (SSSR count). The molecule has 0 aliphatic carbocycles. The number of carbonyl (C=O) groups is 3. The normalized spacial score (nSPS) is 14.8. The summed E-state index contributed by atoms with van der Waals surface area (Å²) in [6.45, 7) is -0.229. The van der Waals surface area contributed by atoms with Gasteiger partial charge in [0.2, 0.25) is 5.91 Å². The van der Waals surface area contributed by atoms with Gasteiger partial charge < -0.3 is 10.1 Å². The summed E-state index contributed by atoms with van der Waals surface area (Å²) < 4.78 is 4.75. The Morgan fingerprint density at radius 2 is 1.93 bits per heavy atom. The predicted molar refractivity (Wildman–Crippen MR) is 100 cm³/mol. The molecule has 2 aromatic rings. The Kier molecular flexibility index (Phi) is 6.08. The summed E-state index contributed by atoms with van der Waals surface area (Å²) in [4.78, 5) is 37.1. The van der Waals surface area contributed by atoms with Gasteiger partial charge in [-0.05, 0) is 29.7 Å². The van der Waals surface area contributed by atoms with Crippen LogP contribution in [0.4, 0.5) is 4.79 Å². The zero-order valence-corrected chi connectivity index (χ0v) is 15.3. The van der Waals surface area contributed by atoms with E-state index in [1.807, 2.05) is 48.5 Å². The zero-order chi connectivity index (χ0) is 19.2. The van der Waals surface area contributed by atoms with Gasteiger partial charge in [-0.1, -0.05) is 54.1 Å². The van der Waals surface area contributed by atoms with E-state index in [0.29, 0.717) is 11.4 Å². The highest BCUT2D eigenvalue weighted by Gasteiger charge is 2.33. The minimum Gasteiger partial charge on any atom is -0.439 e. The van der Waals surface area contributed by atoms with E-state index in [9.17, 15) is 14.4 Å². The highest BCUT2D eigenvalue weighted by Crippen LogP contribution is 2.18. The van der Waals surface area contributed by atoms with Gasteiger partial charge >= 0.3 is 6.09 Å². The molecule has 140 valence electrons. The van der Waals surface area contributed by atoms with E-state index in [1.165, 1.54) is 0 Å². The number of nitrogens with zero attached hydrogens (tertiary/aromatic N) is 1. The van der Waals surface area contributed by atoms with Crippen LogP contribution in [0.3, 0.4) is 0 Å². The highest BCUT2D eigenvalue weighted by molar-refractivity contribution is 6.30. The molecule has 1 saturated heterocycles. The second kappa shape index (κ2) is 8.68. The molecule has 0 bridgehead atoms. The molecule has 7 heteroatoms. The molecule has 0 unspecified atom stereocenters. The molecule has 1 aliphatic rings. The molecule has 27 heavy (non-hydrogen) atoms. The van der Waals surface area contributed by atoms with Crippen molar-refractivity contribution in [2.24, 2.45) is 0 Å². The summed E-state index contributed by atoms with van der Waals surface area (Å²) in [5.74, 6) is -0.585. The summed E-state index contributed by atoms with van der Waals surface area (Å²) in [6.07, 6.45) is 0.120. The van der Waals surface area contributed by atoms with Crippen LogP contribution in [0.5, 0.6) is 0 Å². The molecule has 6 nitrogen and oxygen atoms in total. The van der Waals surface area contributed by atoms with Gasteiger partial charge in [0, 0.05) is 11.4 Å². The third-order valence-electron chi connectivity index (χ3n) is 4.27. The Hall–Kier alpha value is -2.86. The molecule has 1 atom stereocenters. The molecule has 2 aromatic carbocycles. The van der Waals surface area contributed by atoms with Crippen molar-refractivity contribution in [1.82, 2.24) is 10.2 Å². The van der Waals surface area contributed by atoms with Crippen molar-refractivity contribution in [3.63, 3.8) is 0 Å². The molecule has 0 spiro atoms. The quantitative estimate of drug-likeness (QED) is 0.793. The molecule has 0 saturated carbocycles. The number of ether oxygens (including phenoxy) is 1. The lowest BCUT2D eigenvalue weighted by Crippen LogP contribution is -2.40. The first-order valence-corrected chi connectivity index (χ1v) is 8.96. The van der Waals surface area contributed by atoms with Crippen molar-refractivity contribution in [1.29, 1.82) is 0 Å². The SMILES string of the molecule is O=C(CCc1cccc(Cl)c1)N[C@@H](CN1C(=O)COC1=O)c1ccccc1. The smallest absolute Gasteiger partial charge is 0.417 e. The third kappa shape index (κ3) is 5.08. The number of carbonyl (C=O) groups excluding carboxylic acids is 3. The number of imide groups is 1. The highest BCUT2D eigenvalue weighted by atomic mass is 35.5. The third-order valence-corrected chi connectivity index (χ3v) is 4.51. The number of halogens is 1. The first-order valence-electron chi connectivity index (χ1n) is 8.59. The monoisotopic (exact) mass is 386 g/mol. The second-order valence-corrected chi connectivity index (χ2v) is 6.66. The number of benzene rings is 2. The van der Waals surface area contributed by atoms with Crippen LogP contribution in [0.1, 0.15) is 23.6 Å². The minimum absolute atomic E-state index is 0.0323. The van der Waals surface area contributed by atoms with Gasteiger partial charge in [-0.15, -0.1) is 0 Å². The number of cyclic esters (lactones) is 1. The van der Waals surface area contributed by atoms with Crippen molar-refractivity contribution in [3.8, 4) is 0 Å². The van der Waals surface area contributed by atoms with Gasteiger partial charge in [-0.2, -0.15) is 0 Å². The lowest BCUT2D eigenvalue weighted by molar-refractivity contribution is -0.127. The van der Waals surface area contributed by atoms with E-state index >= 15 is 0 Å². The van der Waals surface area contributed by atoms with Crippen LogP contribution in [-0.2, 0) is 20.7 Å². The van der Waals surface area contributed by atoms with Gasteiger partial charge in [-0.25, -0.2) is 9.69 Å². The molecule has 0 radical (unpaired) electrons. The molecule has 1 aliphatic heterocycles. The van der Waals surface area contributed by atoms with E-state index in [2.05, 4.69) is 5.32 Å². The fourth-order valence-electron chi connectivity index (χ4n) is 2.88. The first-order chi connectivity index (χ1) is 13.0. The van der Waals surface area contributed by atoms with Gasteiger partial charge in [0.05, 0.1) is 12.6 Å². The molecule has 1 heterocycles. The van der Waals surface area contributed by atoms with Crippen molar-refractivity contribution in [2.45, 2.75) is 18.9 Å². The molecular weight excluding hydrogens is 368 g/mol. The number of hydrogen-bond donors (Lipinski definition) is 1. The predicted octanol–water partition coefficient (Wildman–Crippen LogP) is 3.11. The van der Waals surface area contributed by atoms with E-state index in [0.717, 1.165) is 16.0 Å². The number of hydrogen-bond acceptors (Lipinski definition) is 4. The maximum Gasteiger partial charge on any atom is 0.417 e. The molecular formula is C20H19ClN2O4. The maximum absolute atomic E-state index is 12.5. The average Bonchev–Trinajstić information content (AvgIpc) is 2.98. The molecule has 3 amide bonds. The number of amides is 3. The molecule has 1 N–H and O–H groups in total. The van der Waals surface area contributed by atoms with Crippen LogP contribution in [0.15, 0.2) is 54.6 Å². The summed E-state index contributed by atoms with van der Waals surface area (Å²) in [5.41, 5.74) is 1.77. The summed E-state index contributed by atoms with van der Waals surface area (Å²) in [5, 5.41) is 3.54. The number of aryl methyl sites for hydroxylation is 1.